The maximum atomic E-state index is 14.6. The Morgan fingerprint density at radius 2 is 1.91 bits per heavy atom. The Morgan fingerprint density at radius 3 is 2.60 bits per heavy atom. The van der Waals surface area contributed by atoms with Crippen molar-refractivity contribution in [3.8, 4) is 28.8 Å². The molecule has 35 heavy (non-hydrogen) atoms. The Hall–Kier alpha value is -3.79. The maximum Gasteiger partial charge on any atom is 0.306 e. The Bertz CT molecular complexity index is 1180. The molecule has 1 aromatic carbocycles. The topological polar surface area (TPSA) is 124 Å². The van der Waals surface area contributed by atoms with Gasteiger partial charge in [-0.25, -0.2) is 19.3 Å². The number of benzene rings is 1. The molecule has 0 amide bonds. The summed E-state index contributed by atoms with van der Waals surface area (Å²) in [5.41, 5.74) is 1.01. The number of ether oxygens (including phenoxy) is 3. The molecule has 10 heteroatoms. The van der Waals surface area contributed by atoms with Crippen molar-refractivity contribution in [1.82, 2.24) is 15.0 Å². The van der Waals surface area contributed by atoms with E-state index in [1.165, 1.54) is 19.4 Å². The van der Waals surface area contributed by atoms with Crippen LogP contribution in [0.4, 0.5) is 4.39 Å². The van der Waals surface area contributed by atoms with Crippen molar-refractivity contribution in [3.05, 3.63) is 59.8 Å². The van der Waals surface area contributed by atoms with Crippen LogP contribution in [0.2, 0.25) is 0 Å². The molecule has 2 heterocycles. The van der Waals surface area contributed by atoms with Crippen molar-refractivity contribution in [2.75, 3.05) is 13.7 Å². The first-order valence-electron chi connectivity index (χ1n) is 10.9. The van der Waals surface area contributed by atoms with Crippen LogP contribution in [0.3, 0.4) is 0 Å². The van der Waals surface area contributed by atoms with Crippen LogP contribution in [0.5, 0.6) is 17.5 Å². The zero-order valence-electron chi connectivity index (χ0n) is 20.0. The largest absolute Gasteiger partial charge is 0.487 e. The number of rotatable bonds is 10. The van der Waals surface area contributed by atoms with Gasteiger partial charge in [0.05, 0.1) is 38.6 Å². The minimum Gasteiger partial charge on any atom is -0.487 e. The van der Waals surface area contributed by atoms with Gasteiger partial charge in [0, 0.05) is 11.6 Å². The number of halogens is 1. The molecule has 2 aromatic heterocycles. The van der Waals surface area contributed by atoms with Crippen LogP contribution >= 0.6 is 0 Å². The number of methoxy groups -OCH3 is 1. The zero-order chi connectivity index (χ0) is 25.6. The Kier molecular flexibility index (Phi) is 8.18. The second kappa shape index (κ2) is 11.1. The summed E-state index contributed by atoms with van der Waals surface area (Å²) >= 11 is 0. The standard InChI is InChI=1S/C25H28FN3O6/c1-25(2,3)14-35-24-23(18-9-21(33-4)27-12-19(18)26)28-11-16(29-24)13-34-17-7-5-6-15(8-17)20(30)10-22(31)32/h5-9,11-12,20,30H,10,13-14H2,1-4H3,(H,31,32)/t20-/m1/s1. The predicted molar refractivity (Wildman–Crippen MR) is 125 cm³/mol. The van der Waals surface area contributed by atoms with E-state index in [0.717, 1.165) is 6.20 Å². The first-order chi connectivity index (χ1) is 16.6. The number of aromatic nitrogens is 3. The lowest BCUT2D eigenvalue weighted by Crippen LogP contribution is -2.18. The van der Waals surface area contributed by atoms with Gasteiger partial charge in [-0.2, -0.15) is 0 Å². The molecule has 0 saturated carbocycles. The minimum atomic E-state index is -1.15. The number of aliphatic carboxylic acids is 1. The molecule has 0 aliphatic carbocycles. The molecule has 0 spiro atoms. The molecule has 0 unspecified atom stereocenters. The summed E-state index contributed by atoms with van der Waals surface area (Å²) in [5.74, 6) is -0.923. The molecule has 0 fully saturated rings. The number of carbonyl (C=O) groups is 1. The summed E-state index contributed by atoms with van der Waals surface area (Å²) in [6, 6.07) is 7.93. The van der Waals surface area contributed by atoms with E-state index < -0.39 is 24.3 Å². The number of nitrogens with zero attached hydrogens (tertiary/aromatic N) is 3. The third-order valence-corrected chi connectivity index (χ3v) is 4.72. The highest BCUT2D eigenvalue weighted by Gasteiger charge is 2.20. The number of carboxylic acid groups (broad SMARTS) is 1. The van der Waals surface area contributed by atoms with E-state index in [4.69, 9.17) is 19.3 Å². The lowest BCUT2D eigenvalue weighted by atomic mass is 9.99. The second-order valence-electron chi connectivity index (χ2n) is 9.05. The molecular formula is C25H28FN3O6. The van der Waals surface area contributed by atoms with Crippen LogP contribution in [-0.4, -0.2) is 44.9 Å². The normalized spacial score (nSPS) is 12.2. The molecule has 186 valence electrons. The van der Waals surface area contributed by atoms with E-state index in [2.05, 4.69) is 15.0 Å². The van der Waals surface area contributed by atoms with E-state index >= 15 is 0 Å². The van der Waals surface area contributed by atoms with E-state index in [1.807, 2.05) is 20.8 Å². The quantitative estimate of drug-likeness (QED) is 0.435. The zero-order valence-corrected chi connectivity index (χ0v) is 20.0. The van der Waals surface area contributed by atoms with E-state index in [9.17, 15) is 14.3 Å². The van der Waals surface area contributed by atoms with Gasteiger partial charge in [0.1, 0.15) is 23.7 Å². The van der Waals surface area contributed by atoms with Crippen LogP contribution < -0.4 is 14.2 Å². The highest BCUT2D eigenvalue weighted by molar-refractivity contribution is 5.67. The van der Waals surface area contributed by atoms with Gasteiger partial charge < -0.3 is 24.4 Å². The minimum absolute atomic E-state index is 0.0137. The molecule has 0 aliphatic heterocycles. The summed E-state index contributed by atoms with van der Waals surface area (Å²) < 4.78 is 31.4. The fourth-order valence-corrected chi connectivity index (χ4v) is 3.01. The summed E-state index contributed by atoms with van der Waals surface area (Å²) in [6.45, 7) is 6.31. The van der Waals surface area contributed by atoms with Gasteiger partial charge in [-0.3, -0.25) is 4.79 Å². The first-order valence-corrected chi connectivity index (χ1v) is 10.9. The van der Waals surface area contributed by atoms with Crippen molar-refractivity contribution in [1.29, 1.82) is 0 Å². The number of aliphatic hydroxyl groups excluding tert-OH is 1. The van der Waals surface area contributed by atoms with Crippen molar-refractivity contribution in [2.24, 2.45) is 5.41 Å². The van der Waals surface area contributed by atoms with E-state index in [0.29, 0.717) is 23.6 Å². The summed E-state index contributed by atoms with van der Waals surface area (Å²) in [5, 5.41) is 18.9. The van der Waals surface area contributed by atoms with Crippen molar-refractivity contribution < 1.29 is 33.6 Å². The predicted octanol–water partition coefficient (Wildman–Crippen LogP) is 4.20. The van der Waals surface area contributed by atoms with Gasteiger partial charge in [0.25, 0.3) is 0 Å². The van der Waals surface area contributed by atoms with Crippen LogP contribution in [0.15, 0.2) is 42.7 Å². The monoisotopic (exact) mass is 485 g/mol. The average molecular weight is 486 g/mol. The first kappa shape index (κ1) is 25.8. The fraction of sp³-hybridized carbons (Fsp3) is 0.360. The lowest BCUT2D eigenvalue weighted by Gasteiger charge is -2.20. The Labute approximate surface area is 202 Å². The highest BCUT2D eigenvalue weighted by Crippen LogP contribution is 2.31. The molecule has 0 bridgehead atoms. The Balaban J connectivity index is 1.86. The summed E-state index contributed by atoms with van der Waals surface area (Å²) in [7, 11) is 1.43. The van der Waals surface area contributed by atoms with Crippen LogP contribution in [0, 0.1) is 11.2 Å². The molecule has 3 aromatic rings. The number of aliphatic hydroxyl groups is 1. The van der Waals surface area contributed by atoms with Crippen LogP contribution in [0.25, 0.3) is 11.3 Å². The number of hydrogen-bond acceptors (Lipinski definition) is 8. The summed E-state index contributed by atoms with van der Waals surface area (Å²) in [4.78, 5) is 23.6. The van der Waals surface area contributed by atoms with Gasteiger partial charge in [-0.05, 0) is 23.1 Å². The Morgan fingerprint density at radius 1 is 1.14 bits per heavy atom. The third kappa shape index (κ3) is 7.35. The number of hydrogen-bond donors (Lipinski definition) is 2. The molecule has 0 aliphatic rings. The average Bonchev–Trinajstić information content (AvgIpc) is 2.81. The second-order valence-corrected chi connectivity index (χ2v) is 9.05. The van der Waals surface area contributed by atoms with Crippen molar-refractivity contribution in [3.63, 3.8) is 0 Å². The molecule has 2 N–H and O–H groups in total. The van der Waals surface area contributed by atoms with E-state index in [1.54, 1.807) is 24.3 Å². The highest BCUT2D eigenvalue weighted by atomic mass is 19.1. The fourth-order valence-electron chi connectivity index (χ4n) is 3.01. The van der Waals surface area contributed by atoms with Gasteiger partial charge in [-0.15, -0.1) is 0 Å². The van der Waals surface area contributed by atoms with Gasteiger partial charge in [0.2, 0.25) is 11.8 Å². The third-order valence-electron chi connectivity index (χ3n) is 4.72. The maximum absolute atomic E-state index is 14.6. The number of carboxylic acids is 1. The molecule has 1 atom stereocenters. The molecular weight excluding hydrogens is 457 g/mol. The number of pyridine rings is 1. The van der Waals surface area contributed by atoms with Gasteiger partial charge in [0.15, 0.2) is 5.82 Å². The van der Waals surface area contributed by atoms with Crippen molar-refractivity contribution in [2.45, 2.75) is 39.9 Å². The van der Waals surface area contributed by atoms with Gasteiger partial charge in [-0.1, -0.05) is 32.9 Å². The molecule has 0 saturated heterocycles. The lowest BCUT2D eigenvalue weighted by molar-refractivity contribution is -0.139. The van der Waals surface area contributed by atoms with E-state index in [-0.39, 0.29) is 35.0 Å². The SMILES string of the molecule is COc1cc(-c2ncc(COc3cccc([C@H](O)CC(=O)O)c3)nc2OCC(C)(C)C)c(F)cn1. The molecule has 9 nitrogen and oxygen atoms in total. The van der Waals surface area contributed by atoms with Crippen molar-refractivity contribution >= 4 is 5.97 Å². The molecule has 0 radical (unpaired) electrons. The molecule has 3 rings (SSSR count). The van der Waals surface area contributed by atoms with Crippen LogP contribution in [0.1, 0.15) is 44.6 Å². The summed E-state index contributed by atoms with van der Waals surface area (Å²) in [6.07, 6.45) is 0.932. The van der Waals surface area contributed by atoms with Gasteiger partial charge >= 0.3 is 5.97 Å². The van der Waals surface area contributed by atoms with Crippen LogP contribution in [-0.2, 0) is 11.4 Å². The smallest absolute Gasteiger partial charge is 0.306 e.